The van der Waals surface area contributed by atoms with Gasteiger partial charge in [-0.25, -0.2) is 0 Å². The van der Waals surface area contributed by atoms with Crippen LogP contribution in [0.2, 0.25) is 0 Å². The van der Waals surface area contributed by atoms with Crippen LogP contribution in [0, 0.1) is 5.92 Å². The molecular formula is C23H30ClNO. The molecular weight excluding hydrogens is 342 g/mol. The average molecular weight is 372 g/mol. The molecule has 0 saturated heterocycles. The number of carbonyl (C=O) groups excluding carboxylic acids is 1. The fourth-order valence-electron chi connectivity index (χ4n) is 3.92. The summed E-state index contributed by atoms with van der Waals surface area (Å²) in [6.07, 6.45) is 5.09. The molecule has 2 atom stereocenters. The molecule has 26 heavy (non-hydrogen) atoms. The van der Waals surface area contributed by atoms with Crippen LogP contribution in [0.1, 0.15) is 42.7 Å². The van der Waals surface area contributed by atoms with Gasteiger partial charge in [0.15, 0.2) is 0 Å². The smallest absolute Gasteiger partial charge is 0.137 e. The molecule has 3 rings (SSSR count). The third-order valence-electron chi connectivity index (χ3n) is 5.44. The molecule has 0 heterocycles. The van der Waals surface area contributed by atoms with E-state index in [0.29, 0.717) is 18.1 Å². The molecule has 2 nitrogen and oxygen atoms in total. The minimum absolute atomic E-state index is 0. The molecule has 0 N–H and O–H groups in total. The van der Waals surface area contributed by atoms with E-state index >= 15 is 0 Å². The number of hydrogen-bond acceptors (Lipinski definition) is 2. The monoisotopic (exact) mass is 371 g/mol. The fraction of sp³-hybridized carbons (Fsp3) is 0.435. The maximum atomic E-state index is 12.8. The van der Waals surface area contributed by atoms with E-state index in [1.807, 2.05) is 6.07 Å². The summed E-state index contributed by atoms with van der Waals surface area (Å²) in [5.74, 6) is 1.07. The van der Waals surface area contributed by atoms with Crippen LogP contribution in [0.4, 0.5) is 0 Å². The van der Waals surface area contributed by atoms with E-state index in [9.17, 15) is 4.79 Å². The highest BCUT2D eigenvalue weighted by Gasteiger charge is 2.27. The molecule has 2 aromatic rings. The lowest BCUT2D eigenvalue weighted by Gasteiger charge is -2.22. The number of Topliss-reactive ketones (excluding diaryl/α,β-unsaturated/α-hetero) is 1. The topological polar surface area (TPSA) is 20.3 Å². The normalized spacial score (nSPS) is 20.5. The Morgan fingerprint density at radius 3 is 2.31 bits per heavy atom. The fourth-order valence-corrected chi connectivity index (χ4v) is 3.92. The van der Waals surface area contributed by atoms with E-state index in [2.05, 4.69) is 66.5 Å². The Labute approximate surface area is 164 Å². The van der Waals surface area contributed by atoms with Crippen molar-refractivity contribution in [2.75, 3.05) is 20.1 Å². The predicted octanol–water partition coefficient (Wildman–Crippen LogP) is 5.13. The SMILES string of the molecule is CN(CCc1ccccc1)CC1CCCC(c2ccccc2)CC1=O.Cl. The van der Waals surface area contributed by atoms with Gasteiger partial charge >= 0.3 is 0 Å². The van der Waals surface area contributed by atoms with E-state index in [4.69, 9.17) is 0 Å². The molecule has 1 aliphatic rings. The second kappa shape index (κ2) is 10.5. The van der Waals surface area contributed by atoms with Crippen molar-refractivity contribution in [3.05, 3.63) is 71.8 Å². The molecule has 1 aliphatic carbocycles. The van der Waals surface area contributed by atoms with Gasteiger partial charge in [-0.05, 0) is 43.4 Å². The van der Waals surface area contributed by atoms with Crippen molar-refractivity contribution in [2.45, 2.75) is 38.0 Å². The van der Waals surface area contributed by atoms with Crippen LogP contribution in [0.25, 0.3) is 0 Å². The average Bonchev–Trinajstić information content (AvgIpc) is 2.83. The molecule has 0 aliphatic heterocycles. The molecule has 140 valence electrons. The first kappa shape index (κ1) is 20.7. The molecule has 2 unspecified atom stereocenters. The quantitative estimate of drug-likeness (QED) is 0.656. The number of benzene rings is 2. The van der Waals surface area contributed by atoms with Gasteiger partial charge in [0.2, 0.25) is 0 Å². The second-order valence-corrected chi connectivity index (χ2v) is 7.40. The van der Waals surface area contributed by atoms with Crippen LogP contribution >= 0.6 is 12.4 Å². The van der Waals surface area contributed by atoms with Crippen molar-refractivity contribution in [2.24, 2.45) is 5.92 Å². The van der Waals surface area contributed by atoms with Crippen molar-refractivity contribution >= 4 is 18.2 Å². The summed E-state index contributed by atoms with van der Waals surface area (Å²) >= 11 is 0. The molecule has 0 radical (unpaired) electrons. The number of ketones is 1. The maximum Gasteiger partial charge on any atom is 0.137 e. The highest BCUT2D eigenvalue weighted by Crippen LogP contribution is 2.32. The predicted molar refractivity (Wildman–Crippen MR) is 111 cm³/mol. The van der Waals surface area contributed by atoms with Gasteiger partial charge in [0.1, 0.15) is 5.78 Å². The van der Waals surface area contributed by atoms with E-state index < -0.39 is 0 Å². The van der Waals surface area contributed by atoms with E-state index in [1.54, 1.807) is 0 Å². The number of likely N-dealkylation sites (N-methyl/N-ethyl adjacent to an activating group) is 1. The van der Waals surface area contributed by atoms with E-state index in [0.717, 1.165) is 38.8 Å². The largest absolute Gasteiger partial charge is 0.305 e. The van der Waals surface area contributed by atoms with Crippen molar-refractivity contribution in [3.63, 3.8) is 0 Å². The van der Waals surface area contributed by atoms with Gasteiger partial charge < -0.3 is 4.90 Å². The van der Waals surface area contributed by atoms with Crippen LogP contribution < -0.4 is 0 Å². The summed E-state index contributed by atoms with van der Waals surface area (Å²) in [5, 5.41) is 0. The Balaban J connectivity index is 0.00000243. The van der Waals surface area contributed by atoms with Gasteiger partial charge in [-0.1, -0.05) is 67.1 Å². The van der Waals surface area contributed by atoms with Crippen LogP contribution in [0.15, 0.2) is 60.7 Å². The Morgan fingerprint density at radius 1 is 0.962 bits per heavy atom. The summed E-state index contributed by atoms with van der Waals surface area (Å²) in [6, 6.07) is 21.1. The highest BCUT2D eigenvalue weighted by atomic mass is 35.5. The summed E-state index contributed by atoms with van der Waals surface area (Å²) in [5.41, 5.74) is 2.69. The molecule has 1 saturated carbocycles. The van der Waals surface area contributed by atoms with Crippen LogP contribution in [-0.2, 0) is 11.2 Å². The molecule has 0 bridgehead atoms. The van der Waals surface area contributed by atoms with Gasteiger partial charge in [0.05, 0.1) is 0 Å². The molecule has 0 spiro atoms. The van der Waals surface area contributed by atoms with Gasteiger partial charge in [-0.2, -0.15) is 0 Å². The van der Waals surface area contributed by atoms with Gasteiger partial charge in [-0.3, -0.25) is 4.79 Å². The summed E-state index contributed by atoms with van der Waals surface area (Å²) in [7, 11) is 2.15. The number of nitrogens with zero attached hydrogens (tertiary/aromatic N) is 1. The minimum Gasteiger partial charge on any atom is -0.305 e. The summed E-state index contributed by atoms with van der Waals surface area (Å²) in [4.78, 5) is 15.1. The highest BCUT2D eigenvalue weighted by molar-refractivity contribution is 5.85. The standard InChI is InChI=1S/C23H29NO.ClH/c1-24(16-15-19-9-4-2-5-10-19)18-22-14-8-13-21(17-23(22)25)20-11-6-3-7-12-20;/h2-7,9-12,21-22H,8,13-18H2,1H3;1H. The van der Waals surface area contributed by atoms with Crippen LogP contribution in [0.5, 0.6) is 0 Å². The first-order valence-corrected chi connectivity index (χ1v) is 9.52. The molecule has 0 amide bonds. The van der Waals surface area contributed by atoms with E-state index in [1.165, 1.54) is 11.1 Å². The first-order valence-electron chi connectivity index (χ1n) is 9.52. The van der Waals surface area contributed by atoms with Crippen molar-refractivity contribution in [1.82, 2.24) is 4.90 Å². The number of rotatable bonds is 6. The van der Waals surface area contributed by atoms with Gasteiger partial charge in [0.25, 0.3) is 0 Å². The lowest BCUT2D eigenvalue weighted by Crippen LogP contribution is -2.31. The third kappa shape index (κ3) is 5.96. The summed E-state index contributed by atoms with van der Waals surface area (Å²) < 4.78 is 0. The zero-order valence-electron chi connectivity index (χ0n) is 15.6. The van der Waals surface area contributed by atoms with Crippen LogP contribution in [-0.4, -0.2) is 30.8 Å². The summed E-state index contributed by atoms with van der Waals surface area (Å²) in [6.45, 7) is 1.91. The van der Waals surface area contributed by atoms with Crippen LogP contribution in [0.3, 0.4) is 0 Å². The van der Waals surface area contributed by atoms with Crippen molar-refractivity contribution < 1.29 is 4.79 Å². The Hall–Kier alpha value is -1.64. The Bertz CT molecular complexity index is 658. The third-order valence-corrected chi connectivity index (χ3v) is 5.44. The number of carbonyl (C=O) groups is 1. The minimum atomic E-state index is 0. The lowest BCUT2D eigenvalue weighted by molar-refractivity contribution is -0.123. The zero-order chi connectivity index (χ0) is 17.5. The van der Waals surface area contributed by atoms with Crippen molar-refractivity contribution in [1.29, 1.82) is 0 Å². The molecule has 0 aromatic heterocycles. The zero-order valence-corrected chi connectivity index (χ0v) is 16.5. The molecule has 2 aromatic carbocycles. The van der Waals surface area contributed by atoms with Gasteiger partial charge in [0, 0.05) is 25.4 Å². The van der Waals surface area contributed by atoms with Gasteiger partial charge in [-0.15, -0.1) is 12.4 Å². The molecule has 3 heteroatoms. The Morgan fingerprint density at radius 2 is 1.62 bits per heavy atom. The molecule has 1 fully saturated rings. The Kier molecular flexibility index (Phi) is 8.34. The van der Waals surface area contributed by atoms with E-state index in [-0.39, 0.29) is 18.3 Å². The lowest BCUT2D eigenvalue weighted by atomic mass is 9.90. The van der Waals surface area contributed by atoms with Crippen molar-refractivity contribution in [3.8, 4) is 0 Å². The number of hydrogen-bond donors (Lipinski definition) is 0. The maximum absolute atomic E-state index is 12.8. The number of halogens is 1. The second-order valence-electron chi connectivity index (χ2n) is 7.40. The first-order chi connectivity index (χ1) is 12.2.